The fraction of sp³-hybridized carbons (Fsp3) is 0.391. The lowest BCUT2D eigenvalue weighted by Gasteiger charge is -2.29. The number of nitrogens with zero attached hydrogens (tertiary/aromatic N) is 3. The number of rotatable bonds is 7. The predicted octanol–water partition coefficient (Wildman–Crippen LogP) is 3.56. The van der Waals surface area contributed by atoms with Crippen LogP contribution in [0, 0.1) is 0 Å². The summed E-state index contributed by atoms with van der Waals surface area (Å²) in [6.45, 7) is 4.63. The highest BCUT2D eigenvalue weighted by Crippen LogP contribution is 2.26. The van der Waals surface area contributed by atoms with Gasteiger partial charge in [0.2, 0.25) is 5.91 Å². The minimum atomic E-state index is -0.322. The Kier molecular flexibility index (Phi) is 5.81. The first-order valence-electron chi connectivity index (χ1n) is 10.2. The Morgan fingerprint density at radius 3 is 2.59 bits per heavy atom. The molecule has 6 heteroatoms. The molecule has 2 heterocycles. The zero-order chi connectivity index (χ0) is 20.2. The van der Waals surface area contributed by atoms with Gasteiger partial charge >= 0.3 is 0 Å². The van der Waals surface area contributed by atoms with Crippen LogP contribution in [0.5, 0.6) is 5.75 Å². The highest BCUT2D eigenvalue weighted by atomic mass is 16.5. The second-order valence-electron chi connectivity index (χ2n) is 7.59. The predicted molar refractivity (Wildman–Crippen MR) is 114 cm³/mol. The van der Waals surface area contributed by atoms with Crippen LogP contribution in [-0.2, 0) is 4.79 Å². The molecule has 0 bridgehead atoms. The molecule has 1 N–H and O–H groups in total. The molecule has 1 fully saturated rings. The van der Waals surface area contributed by atoms with E-state index in [0.717, 1.165) is 29.9 Å². The normalized spacial score (nSPS) is 16.6. The van der Waals surface area contributed by atoms with Crippen LogP contribution in [0.1, 0.15) is 37.4 Å². The van der Waals surface area contributed by atoms with Crippen molar-refractivity contribution in [3.05, 3.63) is 60.4 Å². The van der Waals surface area contributed by atoms with Crippen LogP contribution in [0.15, 0.2) is 54.9 Å². The summed E-state index contributed by atoms with van der Waals surface area (Å²) in [7, 11) is 1.67. The number of carbonyl (C=O) groups is 1. The SMILES string of the molecule is COc1ccc(C(CNC(=O)C(C)n2cnc3ccccc32)N2CCCC2)cc1. The molecular formula is C23H28N4O2. The molecule has 1 aliphatic heterocycles. The van der Waals surface area contributed by atoms with Crippen molar-refractivity contribution in [1.82, 2.24) is 19.8 Å². The van der Waals surface area contributed by atoms with Crippen molar-refractivity contribution in [1.29, 1.82) is 0 Å². The number of amides is 1. The standard InChI is InChI=1S/C23H28N4O2/c1-17(27-16-25-20-7-3-4-8-21(20)27)23(28)24-15-22(26-13-5-6-14-26)18-9-11-19(29-2)12-10-18/h3-4,7-12,16-17,22H,5-6,13-15H2,1-2H3,(H,24,28). The Morgan fingerprint density at radius 2 is 1.86 bits per heavy atom. The lowest BCUT2D eigenvalue weighted by atomic mass is 10.0. The Hall–Kier alpha value is -2.86. The maximum Gasteiger partial charge on any atom is 0.242 e. The molecule has 0 radical (unpaired) electrons. The van der Waals surface area contributed by atoms with Crippen LogP contribution in [-0.4, -0.2) is 47.1 Å². The molecular weight excluding hydrogens is 364 g/mol. The third-order valence-electron chi connectivity index (χ3n) is 5.83. The minimum Gasteiger partial charge on any atom is -0.497 e. The van der Waals surface area contributed by atoms with E-state index in [1.54, 1.807) is 13.4 Å². The Bertz CT molecular complexity index is 960. The molecule has 6 nitrogen and oxygen atoms in total. The lowest BCUT2D eigenvalue weighted by molar-refractivity contribution is -0.124. The van der Waals surface area contributed by atoms with E-state index in [1.807, 2.05) is 47.9 Å². The number of carbonyl (C=O) groups excluding carboxylic acids is 1. The van der Waals surface area contributed by atoms with Gasteiger partial charge in [0.25, 0.3) is 0 Å². The summed E-state index contributed by atoms with van der Waals surface area (Å²) in [4.78, 5) is 19.8. The van der Waals surface area contributed by atoms with E-state index in [0.29, 0.717) is 6.54 Å². The number of hydrogen-bond acceptors (Lipinski definition) is 4. The van der Waals surface area contributed by atoms with Gasteiger partial charge in [-0.05, 0) is 62.7 Å². The van der Waals surface area contributed by atoms with Crippen LogP contribution in [0.3, 0.4) is 0 Å². The molecule has 29 heavy (non-hydrogen) atoms. The van der Waals surface area contributed by atoms with Crippen molar-refractivity contribution in [3.63, 3.8) is 0 Å². The number of hydrogen-bond donors (Lipinski definition) is 1. The number of likely N-dealkylation sites (tertiary alicyclic amines) is 1. The molecule has 0 spiro atoms. The largest absolute Gasteiger partial charge is 0.497 e. The molecule has 0 saturated carbocycles. The summed E-state index contributed by atoms with van der Waals surface area (Å²) >= 11 is 0. The molecule has 4 rings (SSSR count). The summed E-state index contributed by atoms with van der Waals surface area (Å²) in [6, 6.07) is 15.9. The van der Waals surface area contributed by atoms with Gasteiger partial charge in [0.1, 0.15) is 11.8 Å². The zero-order valence-electron chi connectivity index (χ0n) is 17.0. The number of nitrogens with one attached hydrogen (secondary N) is 1. The van der Waals surface area contributed by atoms with E-state index in [2.05, 4.69) is 27.3 Å². The van der Waals surface area contributed by atoms with Gasteiger partial charge in [0.05, 0.1) is 30.5 Å². The molecule has 2 atom stereocenters. The third-order valence-corrected chi connectivity index (χ3v) is 5.83. The van der Waals surface area contributed by atoms with Gasteiger partial charge in [-0.15, -0.1) is 0 Å². The number of ether oxygens (including phenoxy) is 1. The maximum atomic E-state index is 12.9. The van der Waals surface area contributed by atoms with Gasteiger partial charge in [-0.3, -0.25) is 9.69 Å². The van der Waals surface area contributed by atoms with Gasteiger partial charge in [-0.2, -0.15) is 0 Å². The lowest BCUT2D eigenvalue weighted by Crippen LogP contribution is -2.39. The van der Waals surface area contributed by atoms with Crippen molar-refractivity contribution in [2.24, 2.45) is 0 Å². The van der Waals surface area contributed by atoms with E-state index in [9.17, 15) is 4.79 Å². The number of methoxy groups -OCH3 is 1. The first-order valence-corrected chi connectivity index (χ1v) is 10.2. The number of aromatic nitrogens is 2. The van der Waals surface area contributed by atoms with Crippen molar-refractivity contribution >= 4 is 16.9 Å². The molecule has 2 aromatic carbocycles. The van der Waals surface area contributed by atoms with Gasteiger partial charge in [0.15, 0.2) is 0 Å². The quantitative estimate of drug-likeness (QED) is 0.668. The summed E-state index contributed by atoms with van der Waals surface area (Å²) < 4.78 is 7.22. The molecule has 1 aromatic heterocycles. The van der Waals surface area contributed by atoms with Crippen molar-refractivity contribution in [2.45, 2.75) is 31.8 Å². The van der Waals surface area contributed by atoms with Crippen LogP contribution >= 0.6 is 0 Å². The van der Waals surface area contributed by atoms with Gasteiger partial charge < -0.3 is 14.6 Å². The van der Waals surface area contributed by atoms with E-state index >= 15 is 0 Å². The third kappa shape index (κ3) is 4.12. The summed E-state index contributed by atoms with van der Waals surface area (Å²) in [5, 5.41) is 3.18. The average molecular weight is 393 g/mol. The van der Waals surface area contributed by atoms with Crippen LogP contribution < -0.4 is 10.1 Å². The summed E-state index contributed by atoms with van der Waals surface area (Å²) in [5.41, 5.74) is 3.08. The van der Waals surface area contributed by atoms with E-state index in [4.69, 9.17) is 4.74 Å². The van der Waals surface area contributed by atoms with Gasteiger partial charge in [-0.25, -0.2) is 4.98 Å². The molecule has 3 aromatic rings. The summed E-state index contributed by atoms with van der Waals surface area (Å²) in [6.07, 6.45) is 4.16. The van der Waals surface area contributed by atoms with E-state index in [1.165, 1.54) is 18.4 Å². The number of benzene rings is 2. The monoisotopic (exact) mass is 392 g/mol. The highest BCUT2D eigenvalue weighted by molar-refractivity contribution is 5.83. The van der Waals surface area contributed by atoms with Gasteiger partial charge in [-0.1, -0.05) is 24.3 Å². The minimum absolute atomic E-state index is 0.00543. The van der Waals surface area contributed by atoms with Crippen molar-refractivity contribution < 1.29 is 9.53 Å². The topological polar surface area (TPSA) is 59.4 Å². The Labute approximate surface area is 171 Å². The van der Waals surface area contributed by atoms with E-state index < -0.39 is 0 Å². The Morgan fingerprint density at radius 1 is 1.14 bits per heavy atom. The zero-order valence-corrected chi connectivity index (χ0v) is 17.0. The fourth-order valence-electron chi connectivity index (χ4n) is 4.10. The van der Waals surface area contributed by atoms with Crippen molar-refractivity contribution in [3.8, 4) is 5.75 Å². The number of fused-ring (bicyclic) bond motifs is 1. The van der Waals surface area contributed by atoms with Crippen LogP contribution in [0.25, 0.3) is 11.0 Å². The molecule has 1 saturated heterocycles. The fourth-order valence-corrected chi connectivity index (χ4v) is 4.10. The highest BCUT2D eigenvalue weighted by Gasteiger charge is 2.25. The molecule has 152 valence electrons. The second-order valence-corrected chi connectivity index (χ2v) is 7.59. The molecule has 0 aliphatic carbocycles. The van der Waals surface area contributed by atoms with Crippen molar-refractivity contribution in [2.75, 3.05) is 26.7 Å². The summed E-state index contributed by atoms with van der Waals surface area (Å²) in [5.74, 6) is 0.851. The first-order chi connectivity index (χ1) is 14.2. The first kappa shape index (κ1) is 19.5. The Balaban J connectivity index is 1.48. The molecule has 1 aliphatic rings. The van der Waals surface area contributed by atoms with Crippen LogP contribution in [0.4, 0.5) is 0 Å². The van der Waals surface area contributed by atoms with Gasteiger partial charge in [0, 0.05) is 6.54 Å². The average Bonchev–Trinajstić information content (AvgIpc) is 3.44. The molecule has 2 unspecified atom stereocenters. The molecule has 1 amide bonds. The number of para-hydroxylation sites is 2. The second kappa shape index (κ2) is 8.66. The smallest absolute Gasteiger partial charge is 0.242 e. The van der Waals surface area contributed by atoms with E-state index in [-0.39, 0.29) is 18.0 Å². The number of imidazole rings is 1. The van der Waals surface area contributed by atoms with Crippen LogP contribution in [0.2, 0.25) is 0 Å². The maximum absolute atomic E-state index is 12.9.